The van der Waals surface area contributed by atoms with Crippen LogP contribution in [0.1, 0.15) is 16.1 Å². The number of methoxy groups -OCH3 is 2. The van der Waals surface area contributed by atoms with Crippen LogP contribution in [0.5, 0.6) is 11.5 Å². The molecule has 0 aliphatic rings. The SMILES string of the molecule is COc1cc(/C(Cl)=C(\C#N)C(=O)c2cscn2)cc([N+](=O)[O-])c1OC. The minimum absolute atomic E-state index is 0.0447. The molecule has 2 aromatic rings. The second kappa shape index (κ2) is 7.74. The van der Waals surface area contributed by atoms with Crippen molar-refractivity contribution in [2.24, 2.45) is 0 Å². The fourth-order valence-corrected chi connectivity index (χ4v) is 2.77. The lowest BCUT2D eigenvalue weighted by molar-refractivity contribution is -0.385. The number of hydrogen-bond acceptors (Lipinski definition) is 8. The third-order valence-electron chi connectivity index (χ3n) is 3.13. The third kappa shape index (κ3) is 3.60. The molecule has 0 saturated carbocycles. The molecule has 2 rings (SSSR count). The highest BCUT2D eigenvalue weighted by atomic mass is 35.5. The van der Waals surface area contributed by atoms with Gasteiger partial charge in [-0.25, -0.2) is 4.98 Å². The van der Waals surface area contributed by atoms with Gasteiger partial charge in [0.2, 0.25) is 11.5 Å². The van der Waals surface area contributed by atoms with E-state index in [0.717, 1.165) is 6.07 Å². The van der Waals surface area contributed by atoms with E-state index < -0.39 is 16.4 Å². The van der Waals surface area contributed by atoms with Crippen LogP contribution in [0.3, 0.4) is 0 Å². The molecule has 8 nitrogen and oxygen atoms in total. The van der Waals surface area contributed by atoms with Gasteiger partial charge in [0.15, 0.2) is 5.75 Å². The van der Waals surface area contributed by atoms with Gasteiger partial charge in [0.05, 0.1) is 29.7 Å². The Bertz CT molecular complexity index is 903. The first-order valence-electron chi connectivity index (χ1n) is 6.58. The molecule has 128 valence electrons. The molecule has 0 bridgehead atoms. The number of carbonyl (C=O) groups excluding carboxylic acids is 1. The summed E-state index contributed by atoms with van der Waals surface area (Å²) in [6.07, 6.45) is 0. The number of rotatable bonds is 6. The first-order chi connectivity index (χ1) is 11.9. The van der Waals surface area contributed by atoms with Crippen LogP contribution >= 0.6 is 22.9 Å². The van der Waals surface area contributed by atoms with Crippen LogP contribution in [0.15, 0.2) is 28.6 Å². The van der Waals surface area contributed by atoms with Gasteiger partial charge < -0.3 is 9.47 Å². The quantitative estimate of drug-likeness (QED) is 0.248. The zero-order valence-corrected chi connectivity index (χ0v) is 14.6. The van der Waals surface area contributed by atoms with Crippen LogP contribution in [0.25, 0.3) is 5.03 Å². The predicted octanol–water partition coefficient (Wildman–Crippen LogP) is 3.42. The number of nitriles is 1. The summed E-state index contributed by atoms with van der Waals surface area (Å²) >= 11 is 7.37. The van der Waals surface area contributed by atoms with Gasteiger partial charge in [0, 0.05) is 17.0 Å². The highest BCUT2D eigenvalue weighted by Crippen LogP contribution is 2.41. The van der Waals surface area contributed by atoms with E-state index in [9.17, 15) is 20.2 Å². The number of ketones is 1. The van der Waals surface area contributed by atoms with E-state index >= 15 is 0 Å². The van der Waals surface area contributed by atoms with Crippen molar-refractivity contribution in [1.82, 2.24) is 4.98 Å². The summed E-state index contributed by atoms with van der Waals surface area (Å²) in [6, 6.07) is 4.18. The lowest BCUT2D eigenvalue weighted by Gasteiger charge is -2.10. The number of nitro groups is 1. The normalized spacial score (nSPS) is 11.3. The van der Waals surface area contributed by atoms with E-state index in [1.807, 2.05) is 0 Å². The second-order valence-electron chi connectivity index (χ2n) is 4.49. The van der Waals surface area contributed by atoms with Crippen molar-refractivity contribution in [3.63, 3.8) is 0 Å². The smallest absolute Gasteiger partial charge is 0.315 e. The van der Waals surface area contributed by atoms with E-state index in [1.54, 1.807) is 6.07 Å². The lowest BCUT2D eigenvalue weighted by atomic mass is 10.0. The Hall–Kier alpha value is -2.96. The molecule has 25 heavy (non-hydrogen) atoms. The summed E-state index contributed by atoms with van der Waals surface area (Å²) in [5.74, 6) is -0.723. The van der Waals surface area contributed by atoms with E-state index in [0.29, 0.717) is 0 Å². The molecule has 1 heterocycles. The van der Waals surface area contributed by atoms with Crippen molar-refractivity contribution in [3.8, 4) is 17.6 Å². The molecular weight excluding hydrogens is 370 g/mol. The largest absolute Gasteiger partial charge is 0.493 e. The van der Waals surface area contributed by atoms with Crippen molar-refractivity contribution >= 4 is 39.4 Å². The van der Waals surface area contributed by atoms with Gasteiger partial charge in [-0.2, -0.15) is 5.26 Å². The number of allylic oxidation sites excluding steroid dienone is 1. The predicted molar refractivity (Wildman–Crippen MR) is 91.0 cm³/mol. The Kier molecular flexibility index (Phi) is 5.69. The fraction of sp³-hybridized carbons (Fsp3) is 0.133. The van der Waals surface area contributed by atoms with Crippen LogP contribution in [0.2, 0.25) is 0 Å². The maximum Gasteiger partial charge on any atom is 0.315 e. The van der Waals surface area contributed by atoms with Gasteiger partial charge in [0.25, 0.3) is 0 Å². The van der Waals surface area contributed by atoms with Crippen LogP contribution in [0.4, 0.5) is 5.69 Å². The first-order valence-corrected chi connectivity index (χ1v) is 7.90. The van der Waals surface area contributed by atoms with E-state index in [4.69, 9.17) is 21.1 Å². The average Bonchev–Trinajstić information content (AvgIpc) is 3.15. The van der Waals surface area contributed by atoms with E-state index in [-0.39, 0.29) is 33.4 Å². The van der Waals surface area contributed by atoms with E-state index in [2.05, 4.69) is 4.98 Å². The third-order valence-corrected chi connectivity index (χ3v) is 4.13. The number of Topliss-reactive ketones (excluding diaryl/α,β-unsaturated/α-hetero) is 1. The summed E-state index contributed by atoms with van der Waals surface area (Å²) < 4.78 is 10.1. The zero-order chi connectivity index (χ0) is 18.6. The number of ether oxygens (including phenoxy) is 2. The van der Waals surface area contributed by atoms with Gasteiger partial charge in [-0.1, -0.05) is 11.6 Å². The van der Waals surface area contributed by atoms with Crippen LogP contribution in [-0.4, -0.2) is 29.9 Å². The summed E-state index contributed by atoms with van der Waals surface area (Å²) in [5, 5.41) is 21.8. The maximum absolute atomic E-state index is 12.3. The number of halogens is 1. The van der Waals surface area contributed by atoms with Crippen LogP contribution in [0, 0.1) is 21.4 Å². The van der Waals surface area contributed by atoms with Gasteiger partial charge >= 0.3 is 5.69 Å². The highest BCUT2D eigenvalue weighted by molar-refractivity contribution is 7.07. The molecule has 0 aliphatic carbocycles. The maximum atomic E-state index is 12.3. The standard InChI is InChI=1S/C15H10ClN3O5S/c1-23-12-4-8(3-11(19(21)22)15(12)24-2)13(16)9(5-17)14(20)10-6-25-7-18-10/h3-4,6-7H,1-2H3/b13-9-. The number of aromatic nitrogens is 1. The van der Waals surface area contributed by atoms with E-state index in [1.165, 1.54) is 42.5 Å². The average molecular weight is 380 g/mol. The molecule has 0 fully saturated rings. The topological polar surface area (TPSA) is 115 Å². The number of nitro benzene ring substituents is 1. The van der Waals surface area contributed by atoms with Gasteiger partial charge in [-0.05, 0) is 6.07 Å². The first kappa shape index (κ1) is 18.4. The van der Waals surface area contributed by atoms with Crippen molar-refractivity contribution in [1.29, 1.82) is 5.26 Å². The molecule has 1 aromatic heterocycles. The van der Waals surface area contributed by atoms with Gasteiger partial charge in [-0.15, -0.1) is 11.3 Å². The number of carbonyl (C=O) groups is 1. The van der Waals surface area contributed by atoms with Crippen LogP contribution < -0.4 is 9.47 Å². The van der Waals surface area contributed by atoms with Crippen molar-refractivity contribution < 1.29 is 19.2 Å². The minimum Gasteiger partial charge on any atom is -0.493 e. The molecule has 1 aromatic carbocycles. The molecule has 0 spiro atoms. The molecule has 0 radical (unpaired) electrons. The Labute approximate surface area is 151 Å². The lowest BCUT2D eigenvalue weighted by Crippen LogP contribution is -2.04. The summed E-state index contributed by atoms with van der Waals surface area (Å²) in [5.41, 5.74) is 0.792. The molecule has 0 atom stereocenters. The Balaban J connectivity index is 2.66. The van der Waals surface area contributed by atoms with Gasteiger partial charge in [0.1, 0.15) is 17.3 Å². The molecule has 0 unspecified atom stereocenters. The Morgan fingerprint density at radius 2 is 2.12 bits per heavy atom. The summed E-state index contributed by atoms with van der Waals surface area (Å²) in [7, 11) is 2.56. The number of nitrogens with zero attached hydrogens (tertiary/aromatic N) is 3. The molecule has 0 saturated heterocycles. The highest BCUT2D eigenvalue weighted by Gasteiger charge is 2.25. The number of hydrogen-bond donors (Lipinski definition) is 0. The summed E-state index contributed by atoms with van der Waals surface area (Å²) in [6.45, 7) is 0. The Morgan fingerprint density at radius 1 is 1.40 bits per heavy atom. The van der Waals surface area contributed by atoms with Crippen LogP contribution in [-0.2, 0) is 0 Å². The fourth-order valence-electron chi connectivity index (χ4n) is 2.00. The van der Waals surface area contributed by atoms with Crippen molar-refractivity contribution in [3.05, 3.63) is 50.0 Å². The number of benzene rings is 1. The summed E-state index contributed by atoms with van der Waals surface area (Å²) in [4.78, 5) is 26.8. The monoisotopic (exact) mass is 379 g/mol. The molecule has 0 N–H and O–H groups in total. The van der Waals surface area contributed by atoms with Gasteiger partial charge in [-0.3, -0.25) is 14.9 Å². The minimum atomic E-state index is -0.677. The molecular formula is C15H10ClN3O5S. The molecule has 10 heteroatoms. The Morgan fingerprint density at radius 3 is 2.60 bits per heavy atom. The van der Waals surface area contributed by atoms with Crippen molar-refractivity contribution in [2.75, 3.05) is 14.2 Å². The number of thiazole rings is 1. The second-order valence-corrected chi connectivity index (χ2v) is 5.59. The molecule has 0 amide bonds. The molecule has 0 aliphatic heterocycles. The van der Waals surface area contributed by atoms with Crippen molar-refractivity contribution in [2.45, 2.75) is 0 Å². The zero-order valence-electron chi connectivity index (χ0n) is 13.0.